The topological polar surface area (TPSA) is 95.8 Å². The lowest BCUT2D eigenvalue weighted by atomic mass is 10.0. The molecule has 0 fully saturated rings. The predicted octanol–water partition coefficient (Wildman–Crippen LogP) is 5.85. The summed E-state index contributed by atoms with van der Waals surface area (Å²) in [6.45, 7) is 0. The number of carbonyl (C=O) groups excluding carboxylic acids is 1. The highest BCUT2D eigenvalue weighted by Crippen LogP contribution is 2.34. The highest BCUT2D eigenvalue weighted by Gasteiger charge is 2.34. The number of hydrogen-bond acceptors (Lipinski definition) is 4. The number of H-pyrrole nitrogens is 1. The van der Waals surface area contributed by atoms with Crippen molar-refractivity contribution in [2.45, 2.75) is 12.5 Å². The lowest BCUT2D eigenvalue weighted by Crippen LogP contribution is -2.46. The number of benzene rings is 3. The van der Waals surface area contributed by atoms with Gasteiger partial charge in [0.2, 0.25) is 5.88 Å². The number of aromatic nitrogens is 1. The summed E-state index contributed by atoms with van der Waals surface area (Å²) in [4.78, 5) is 29.2. The Morgan fingerprint density at radius 2 is 1.85 bits per heavy atom. The number of nitrogens with zero attached hydrogens (tertiary/aromatic N) is 1. The second-order valence-corrected chi connectivity index (χ2v) is 7.97. The number of amides is 1. The summed E-state index contributed by atoms with van der Waals surface area (Å²) < 4.78 is 10.9. The third-order valence-electron chi connectivity index (χ3n) is 5.89. The average Bonchev–Trinajstić information content (AvgIpc) is 3.50. The molecule has 7 heteroatoms. The van der Waals surface area contributed by atoms with Crippen LogP contribution in [-0.4, -0.2) is 35.3 Å². The first-order valence-corrected chi connectivity index (χ1v) is 10.8. The van der Waals surface area contributed by atoms with E-state index in [0.717, 1.165) is 37.9 Å². The number of rotatable bonds is 6. The third kappa shape index (κ3) is 3.88. The van der Waals surface area contributed by atoms with Crippen LogP contribution in [0.4, 0.5) is 10.7 Å². The van der Waals surface area contributed by atoms with Crippen LogP contribution in [0.3, 0.4) is 0 Å². The fourth-order valence-corrected chi connectivity index (χ4v) is 4.25. The zero-order chi connectivity index (χ0) is 23.7. The number of aromatic amines is 1. The number of carboxylic acids is 1. The number of carboxylic acid groups (broad SMARTS) is 1. The lowest BCUT2D eigenvalue weighted by molar-refractivity contribution is -0.138. The number of aliphatic carboxylic acids is 1. The minimum atomic E-state index is -1.21. The molecule has 5 aromatic rings. The first kappa shape index (κ1) is 21.3. The molecule has 3 aromatic carbocycles. The molecule has 0 aliphatic carbocycles. The average molecular weight is 454 g/mol. The molecule has 5 rings (SSSR count). The van der Waals surface area contributed by atoms with Gasteiger partial charge >= 0.3 is 12.1 Å². The molecule has 7 nitrogen and oxygen atoms in total. The van der Waals surface area contributed by atoms with E-state index < -0.39 is 18.1 Å². The lowest BCUT2D eigenvalue weighted by Gasteiger charge is -2.25. The minimum Gasteiger partial charge on any atom is -0.480 e. The Labute approximate surface area is 195 Å². The SMILES string of the molecule is COC(=O)N(c1cc2cc(-c3cccc4[nH]ccc34)ccc2o1)[C@H](Cc1ccccc1)C(=O)O. The number of fused-ring (bicyclic) bond motifs is 2. The van der Waals surface area contributed by atoms with E-state index in [2.05, 4.69) is 4.98 Å². The van der Waals surface area contributed by atoms with Crippen LogP contribution in [0, 0.1) is 0 Å². The molecule has 34 heavy (non-hydrogen) atoms. The Morgan fingerprint density at radius 1 is 1.03 bits per heavy atom. The van der Waals surface area contributed by atoms with Gasteiger partial charge in [0.25, 0.3) is 0 Å². The van der Waals surface area contributed by atoms with E-state index >= 15 is 0 Å². The molecular formula is C27H22N2O5. The Hall–Kier alpha value is -4.52. The van der Waals surface area contributed by atoms with Crippen molar-refractivity contribution in [2.24, 2.45) is 0 Å². The van der Waals surface area contributed by atoms with Gasteiger partial charge in [0.15, 0.2) is 0 Å². The van der Waals surface area contributed by atoms with Crippen LogP contribution >= 0.6 is 0 Å². The molecular weight excluding hydrogens is 432 g/mol. The fourth-order valence-electron chi connectivity index (χ4n) is 4.25. The molecule has 0 spiro atoms. The Kier molecular flexibility index (Phi) is 5.51. The molecule has 0 aliphatic heterocycles. The molecule has 1 atom stereocenters. The summed E-state index contributed by atoms with van der Waals surface area (Å²) in [6, 6.07) is 23.4. The summed E-state index contributed by atoms with van der Waals surface area (Å²) in [5.74, 6) is -1.04. The summed E-state index contributed by atoms with van der Waals surface area (Å²) in [5, 5.41) is 11.8. The van der Waals surface area contributed by atoms with Crippen molar-refractivity contribution >= 4 is 39.8 Å². The van der Waals surface area contributed by atoms with Crippen molar-refractivity contribution in [1.29, 1.82) is 0 Å². The second kappa shape index (κ2) is 8.78. The number of methoxy groups -OCH3 is 1. The van der Waals surface area contributed by atoms with E-state index in [1.807, 2.05) is 79.0 Å². The molecule has 170 valence electrons. The van der Waals surface area contributed by atoms with E-state index in [0.29, 0.717) is 5.58 Å². The van der Waals surface area contributed by atoms with Crippen molar-refractivity contribution in [3.63, 3.8) is 0 Å². The molecule has 1 amide bonds. The maximum Gasteiger partial charge on any atom is 0.417 e. The van der Waals surface area contributed by atoms with E-state index in [1.165, 1.54) is 7.11 Å². The van der Waals surface area contributed by atoms with Crippen LogP contribution in [0.5, 0.6) is 0 Å². The molecule has 2 heterocycles. The molecule has 2 N–H and O–H groups in total. The van der Waals surface area contributed by atoms with Crippen LogP contribution in [0.15, 0.2) is 89.5 Å². The van der Waals surface area contributed by atoms with Crippen molar-refractivity contribution < 1.29 is 23.8 Å². The van der Waals surface area contributed by atoms with E-state index in [-0.39, 0.29) is 12.3 Å². The van der Waals surface area contributed by atoms with E-state index in [1.54, 1.807) is 6.07 Å². The van der Waals surface area contributed by atoms with Crippen molar-refractivity contribution in [3.05, 3.63) is 90.6 Å². The first-order chi connectivity index (χ1) is 16.5. The normalized spacial score (nSPS) is 12.0. The van der Waals surface area contributed by atoms with Gasteiger partial charge in [-0.05, 0) is 41.0 Å². The Morgan fingerprint density at radius 3 is 2.62 bits per heavy atom. The van der Waals surface area contributed by atoms with Crippen molar-refractivity contribution in [1.82, 2.24) is 4.98 Å². The highest BCUT2D eigenvalue weighted by molar-refractivity contribution is 5.99. The summed E-state index contributed by atoms with van der Waals surface area (Å²) in [5.41, 5.74) is 4.39. The quantitative estimate of drug-likeness (QED) is 0.336. The maximum atomic E-state index is 12.7. The van der Waals surface area contributed by atoms with Crippen LogP contribution < -0.4 is 4.90 Å². The zero-order valence-corrected chi connectivity index (χ0v) is 18.4. The predicted molar refractivity (Wildman–Crippen MR) is 130 cm³/mol. The maximum absolute atomic E-state index is 12.7. The standard InChI is InChI=1S/C27H22N2O5/c1-33-27(32)29(23(26(30)31)14-17-6-3-2-4-7-17)25-16-19-15-18(10-11-24(19)34-25)20-8-5-9-22-21(20)12-13-28-22/h2-13,15-16,23,28H,14H2,1H3,(H,30,31)/t23-/m1/s1. The zero-order valence-electron chi connectivity index (χ0n) is 18.4. The summed E-state index contributed by atoms with van der Waals surface area (Å²) >= 11 is 0. The Bertz CT molecular complexity index is 1490. The first-order valence-electron chi connectivity index (χ1n) is 10.8. The number of carbonyl (C=O) groups is 2. The van der Waals surface area contributed by atoms with Crippen molar-refractivity contribution in [2.75, 3.05) is 12.0 Å². The smallest absolute Gasteiger partial charge is 0.417 e. The number of furan rings is 1. The van der Waals surface area contributed by atoms with Gasteiger partial charge in [-0.15, -0.1) is 0 Å². The number of nitrogens with one attached hydrogen (secondary N) is 1. The Balaban J connectivity index is 1.56. The number of anilines is 1. The monoisotopic (exact) mass is 454 g/mol. The number of ether oxygens (including phenoxy) is 1. The molecule has 2 aromatic heterocycles. The van der Waals surface area contributed by atoms with Gasteiger partial charge in [-0.2, -0.15) is 0 Å². The van der Waals surface area contributed by atoms with Crippen molar-refractivity contribution in [3.8, 4) is 11.1 Å². The molecule has 0 aliphatic rings. The van der Waals surface area contributed by atoms with Crippen LogP contribution in [0.1, 0.15) is 5.56 Å². The molecule has 0 saturated heterocycles. The van der Waals surface area contributed by atoms with Gasteiger partial charge < -0.3 is 19.2 Å². The highest BCUT2D eigenvalue weighted by atomic mass is 16.5. The van der Waals surface area contributed by atoms with E-state index in [9.17, 15) is 14.7 Å². The third-order valence-corrected chi connectivity index (χ3v) is 5.89. The van der Waals surface area contributed by atoms with Gasteiger partial charge in [-0.1, -0.05) is 48.5 Å². The summed E-state index contributed by atoms with van der Waals surface area (Å²) in [6.07, 6.45) is 1.19. The molecule has 0 saturated carbocycles. The van der Waals surface area contributed by atoms with Gasteiger partial charge in [0, 0.05) is 35.0 Å². The largest absolute Gasteiger partial charge is 0.480 e. The van der Waals surface area contributed by atoms with Crippen LogP contribution in [0.25, 0.3) is 33.0 Å². The number of hydrogen-bond donors (Lipinski definition) is 2. The molecule has 0 bridgehead atoms. The summed E-state index contributed by atoms with van der Waals surface area (Å²) in [7, 11) is 1.22. The van der Waals surface area contributed by atoms with Gasteiger partial charge in [-0.25, -0.2) is 14.5 Å². The minimum absolute atomic E-state index is 0.100. The molecule has 0 unspecified atom stereocenters. The molecule has 0 radical (unpaired) electrons. The second-order valence-electron chi connectivity index (χ2n) is 7.97. The van der Waals surface area contributed by atoms with Crippen LogP contribution in [-0.2, 0) is 16.0 Å². The van der Waals surface area contributed by atoms with Gasteiger partial charge in [-0.3, -0.25) is 0 Å². The van der Waals surface area contributed by atoms with Gasteiger partial charge in [0.05, 0.1) is 7.11 Å². The van der Waals surface area contributed by atoms with Gasteiger partial charge in [0.1, 0.15) is 11.6 Å². The van der Waals surface area contributed by atoms with Crippen LogP contribution in [0.2, 0.25) is 0 Å². The van der Waals surface area contributed by atoms with E-state index in [4.69, 9.17) is 9.15 Å². The fraction of sp³-hybridized carbons (Fsp3) is 0.111.